The standard InChI is InChI=1S/C20H20FN3O/c1-12-9-13(2)19(14(3)10-12)18-11-17(23-24(18)4)20(25)22-16-7-5-15(21)6-8-16/h5-11H,1-4H3,(H,22,25). The molecule has 0 fully saturated rings. The van der Waals surface area contributed by atoms with E-state index in [9.17, 15) is 9.18 Å². The zero-order valence-corrected chi connectivity index (χ0v) is 14.7. The minimum Gasteiger partial charge on any atom is -0.321 e. The van der Waals surface area contributed by atoms with Gasteiger partial charge in [-0.05, 0) is 62.2 Å². The summed E-state index contributed by atoms with van der Waals surface area (Å²) in [6.07, 6.45) is 0. The number of hydrogen-bond donors (Lipinski definition) is 1. The number of aryl methyl sites for hydroxylation is 4. The lowest BCUT2D eigenvalue weighted by Crippen LogP contribution is -2.12. The van der Waals surface area contributed by atoms with Crippen molar-refractivity contribution >= 4 is 11.6 Å². The van der Waals surface area contributed by atoms with Gasteiger partial charge in [0.25, 0.3) is 5.91 Å². The van der Waals surface area contributed by atoms with Gasteiger partial charge in [-0.2, -0.15) is 5.10 Å². The van der Waals surface area contributed by atoms with Crippen LogP contribution in [0.5, 0.6) is 0 Å². The molecule has 5 heteroatoms. The zero-order valence-electron chi connectivity index (χ0n) is 14.7. The van der Waals surface area contributed by atoms with Gasteiger partial charge in [-0.1, -0.05) is 17.7 Å². The monoisotopic (exact) mass is 337 g/mol. The van der Waals surface area contributed by atoms with Crippen LogP contribution in [0.4, 0.5) is 10.1 Å². The summed E-state index contributed by atoms with van der Waals surface area (Å²) in [6.45, 7) is 6.18. The highest BCUT2D eigenvalue weighted by Gasteiger charge is 2.17. The van der Waals surface area contributed by atoms with Gasteiger partial charge < -0.3 is 5.32 Å². The maximum Gasteiger partial charge on any atom is 0.276 e. The summed E-state index contributed by atoms with van der Waals surface area (Å²) in [6, 6.07) is 11.7. The van der Waals surface area contributed by atoms with Crippen molar-refractivity contribution in [1.82, 2.24) is 9.78 Å². The number of benzene rings is 2. The average Bonchev–Trinajstić information content (AvgIpc) is 2.90. The van der Waals surface area contributed by atoms with Gasteiger partial charge in [-0.3, -0.25) is 9.48 Å². The fraction of sp³-hybridized carbons (Fsp3) is 0.200. The van der Waals surface area contributed by atoms with Crippen molar-refractivity contribution in [3.63, 3.8) is 0 Å². The summed E-state index contributed by atoms with van der Waals surface area (Å²) < 4.78 is 14.7. The predicted molar refractivity (Wildman–Crippen MR) is 97.2 cm³/mol. The lowest BCUT2D eigenvalue weighted by molar-refractivity contribution is 0.102. The van der Waals surface area contributed by atoms with Crippen molar-refractivity contribution in [1.29, 1.82) is 0 Å². The number of rotatable bonds is 3. The highest BCUT2D eigenvalue weighted by Crippen LogP contribution is 2.28. The second-order valence-corrected chi connectivity index (χ2v) is 6.27. The largest absolute Gasteiger partial charge is 0.321 e. The molecule has 0 saturated heterocycles. The first-order valence-electron chi connectivity index (χ1n) is 8.04. The van der Waals surface area contributed by atoms with Crippen molar-refractivity contribution in [2.75, 3.05) is 5.32 Å². The third kappa shape index (κ3) is 3.45. The SMILES string of the molecule is Cc1cc(C)c(-c2cc(C(=O)Nc3ccc(F)cc3)nn2C)c(C)c1. The molecular weight excluding hydrogens is 317 g/mol. The van der Waals surface area contributed by atoms with Crippen molar-refractivity contribution < 1.29 is 9.18 Å². The minimum atomic E-state index is -0.344. The van der Waals surface area contributed by atoms with Crippen LogP contribution >= 0.6 is 0 Å². The van der Waals surface area contributed by atoms with E-state index in [-0.39, 0.29) is 11.7 Å². The van der Waals surface area contributed by atoms with Crippen molar-refractivity contribution in [3.8, 4) is 11.3 Å². The molecule has 25 heavy (non-hydrogen) atoms. The van der Waals surface area contributed by atoms with E-state index in [0.29, 0.717) is 11.4 Å². The highest BCUT2D eigenvalue weighted by molar-refractivity contribution is 6.03. The molecular formula is C20H20FN3O. The lowest BCUT2D eigenvalue weighted by atomic mass is 9.97. The molecule has 3 aromatic rings. The number of carbonyl (C=O) groups excluding carboxylic acids is 1. The Labute approximate surface area is 146 Å². The van der Waals surface area contributed by atoms with Gasteiger partial charge in [0.05, 0.1) is 5.69 Å². The van der Waals surface area contributed by atoms with Gasteiger partial charge in [0.15, 0.2) is 5.69 Å². The molecule has 0 aliphatic rings. The fourth-order valence-corrected chi connectivity index (χ4v) is 3.12. The maximum atomic E-state index is 13.0. The molecule has 0 saturated carbocycles. The Bertz CT molecular complexity index is 919. The van der Waals surface area contributed by atoms with Gasteiger partial charge in [0.2, 0.25) is 0 Å². The van der Waals surface area contributed by atoms with Crippen LogP contribution < -0.4 is 5.32 Å². The maximum absolute atomic E-state index is 13.0. The van der Waals surface area contributed by atoms with E-state index in [1.54, 1.807) is 10.7 Å². The number of carbonyl (C=O) groups is 1. The minimum absolute atomic E-state index is 0.321. The molecule has 0 bridgehead atoms. The first kappa shape index (κ1) is 16.9. The Morgan fingerprint density at radius 2 is 1.64 bits per heavy atom. The lowest BCUT2D eigenvalue weighted by Gasteiger charge is -2.11. The molecule has 1 heterocycles. The van der Waals surface area contributed by atoms with Crippen LogP contribution in [0.2, 0.25) is 0 Å². The van der Waals surface area contributed by atoms with Gasteiger partial charge >= 0.3 is 0 Å². The third-order valence-electron chi connectivity index (χ3n) is 4.15. The summed E-state index contributed by atoms with van der Waals surface area (Å²) in [5.41, 5.74) is 6.32. The number of nitrogens with zero attached hydrogens (tertiary/aromatic N) is 2. The van der Waals surface area contributed by atoms with E-state index in [2.05, 4.69) is 43.3 Å². The number of halogens is 1. The first-order valence-corrected chi connectivity index (χ1v) is 8.04. The Morgan fingerprint density at radius 3 is 2.24 bits per heavy atom. The number of amides is 1. The molecule has 0 radical (unpaired) electrons. The van der Waals surface area contributed by atoms with Crippen molar-refractivity contribution in [3.05, 3.63) is 70.7 Å². The average molecular weight is 337 g/mol. The van der Waals surface area contributed by atoms with E-state index in [4.69, 9.17) is 0 Å². The first-order chi connectivity index (χ1) is 11.8. The van der Waals surface area contributed by atoms with E-state index in [0.717, 1.165) is 22.4 Å². The highest BCUT2D eigenvalue weighted by atomic mass is 19.1. The van der Waals surface area contributed by atoms with Crippen LogP contribution in [-0.2, 0) is 7.05 Å². The van der Waals surface area contributed by atoms with Crippen molar-refractivity contribution in [2.24, 2.45) is 7.05 Å². The number of hydrogen-bond acceptors (Lipinski definition) is 2. The second-order valence-electron chi connectivity index (χ2n) is 6.27. The third-order valence-corrected chi connectivity index (χ3v) is 4.15. The van der Waals surface area contributed by atoms with E-state index in [1.165, 1.54) is 29.8 Å². The van der Waals surface area contributed by atoms with E-state index < -0.39 is 0 Å². The molecule has 0 aliphatic carbocycles. The van der Waals surface area contributed by atoms with Crippen molar-refractivity contribution in [2.45, 2.75) is 20.8 Å². The molecule has 3 rings (SSSR count). The van der Waals surface area contributed by atoms with Crippen LogP contribution in [0, 0.1) is 26.6 Å². The molecule has 2 aromatic carbocycles. The van der Waals surface area contributed by atoms with Gasteiger partial charge in [-0.25, -0.2) is 4.39 Å². The zero-order chi connectivity index (χ0) is 18.1. The van der Waals surface area contributed by atoms with Crippen LogP contribution in [0.15, 0.2) is 42.5 Å². The topological polar surface area (TPSA) is 46.9 Å². The molecule has 0 unspecified atom stereocenters. The normalized spacial score (nSPS) is 10.8. The smallest absolute Gasteiger partial charge is 0.276 e. The molecule has 0 aliphatic heterocycles. The van der Waals surface area contributed by atoms with Crippen LogP contribution in [0.1, 0.15) is 27.2 Å². The molecule has 128 valence electrons. The van der Waals surface area contributed by atoms with Crippen LogP contribution in [0.3, 0.4) is 0 Å². The molecule has 0 spiro atoms. The van der Waals surface area contributed by atoms with Gasteiger partial charge in [0, 0.05) is 18.3 Å². The number of nitrogens with one attached hydrogen (secondary N) is 1. The quantitative estimate of drug-likeness (QED) is 0.770. The Balaban J connectivity index is 1.92. The molecule has 4 nitrogen and oxygen atoms in total. The molecule has 1 aromatic heterocycles. The Kier molecular flexibility index (Phi) is 4.40. The molecule has 1 amide bonds. The predicted octanol–water partition coefficient (Wildman–Crippen LogP) is 4.40. The fourth-order valence-electron chi connectivity index (χ4n) is 3.12. The molecule has 1 N–H and O–H groups in total. The summed E-state index contributed by atoms with van der Waals surface area (Å²) in [4.78, 5) is 12.4. The van der Waals surface area contributed by atoms with Gasteiger partial charge in [-0.15, -0.1) is 0 Å². The van der Waals surface area contributed by atoms with Gasteiger partial charge in [0.1, 0.15) is 5.82 Å². The summed E-state index contributed by atoms with van der Waals surface area (Å²) in [5.74, 6) is -0.667. The summed E-state index contributed by atoms with van der Waals surface area (Å²) in [5, 5.41) is 7.07. The summed E-state index contributed by atoms with van der Waals surface area (Å²) in [7, 11) is 1.82. The molecule has 0 atom stereocenters. The number of aromatic nitrogens is 2. The Hall–Kier alpha value is -2.95. The second kappa shape index (κ2) is 6.51. The number of anilines is 1. The Morgan fingerprint density at radius 1 is 1.04 bits per heavy atom. The van der Waals surface area contributed by atoms with Crippen LogP contribution in [-0.4, -0.2) is 15.7 Å². The van der Waals surface area contributed by atoms with E-state index >= 15 is 0 Å². The van der Waals surface area contributed by atoms with E-state index in [1.807, 2.05) is 7.05 Å². The summed E-state index contributed by atoms with van der Waals surface area (Å²) >= 11 is 0. The van der Waals surface area contributed by atoms with Crippen LogP contribution in [0.25, 0.3) is 11.3 Å².